The maximum Gasteiger partial charge on any atom is 0.229 e. The Morgan fingerprint density at radius 2 is 1.95 bits per heavy atom. The van der Waals surface area contributed by atoms with Crippen LogP contribution in [0.3, 0.4) is 0 Å². The first-order valence-electron chi connectivity index (χ1n) is 6.73. The van der Waals surface area contributed by atoms with Gasteiger partial charge >= 0.3 is 0 Å². The molecule has 0 aliphatic carbocycles. The molecule has 0 saturated heterocycles. The van der Waals surface area contributed by atoms with Gasteiger partial charge in [0.2, 0.25) is 5.91 Å². The van der Waals surface area contributed by atoms with E-state index >= 15 is 0 Å². The van der Waals surface area contributed by atoms with E-state index in [0.29, 0.717) is 5.69 Å². The second kappa shape index (κ2) is 5.52. The van der Waals surface area contributed by atoms with E-state index in [9.17, 15) is 13.6 Å². The number of amides is 1. The maximum absolute atomic E-state index is 13.5. The Morgan fingerprint density at radius 1 is 1.19 bits per heavy atom. The van der Waals surface area contributed by atoms with Crippen LogP contribution in [0, 0.1) is 11.6 Å². The number of nitrogens with one attached hydrogen (secondary N) is 2. The molecule has 0 saturated carbocycles. The molecule has 0 bridgehead atoms. The average Bonchev–Trinajstić information content (AvgIpc) is 2.90. The van der Waals surface area contributed by atoms with Crippen LogP contribution in [0.2, 0.25) is 0 Å². The Bertz CT molecular complexity index is 680. The van der Waals surface area contributed by atoms with Crippen molar-refractivity contribution in [1.29, 1.82) is 0 Å². The predicted octanol–water partition coefficient (Wildman–Crippen LogP) is 3.11. The summed E-state index contributed by atoms with van der Waals surface area (Å²) in [7, 11) is 0. The van der Waals surface area contributed by atoms with Crippen molar-refractivity contribution >= 4 is 17.3 Å². The van der Waals surface area contributed by atoms with E-state index < -0.39 is 17.5 Å². The van der Waals surface area contributed by atoms with Crippen LogP contribution in [-0.2, 0) is 17.6 Å². The van der Waals surface area contributed by atoms with Gasteiger partial charge in [0, 0.05) is 23.5 Å². The van der Waals surface area contributed by atoms with Gasteiger partial charge in [-0.3, -0.25) is 4.79 Å². The van der Waals surface area contributed by atoms with Crippen LogP contribution >= 0.6 is 0 Å². The van der Waals surface area contributed by atoms with Gasteiger partial charge in [0.25, 0.3) is 0 Å². The molecule has 21 heavy (non-hydrogen) atoms. The van der Waals surface area contributed by atoms with Crippen LogP contribution in [0.4, 0.5) is 20.2 Å². The third-order valence-corrected chi connectivity index (χ3v) is 3.50. The summed E-state index contributed by atoms with van der Waals surface area (Å²) >= 11 is 0. The zero-order valence-corrected chi connectivity index (χ0v) is 11.2. The molecule has 108 valence electrons. The second-order valence-electron chi connectivity index (χ2n) is 4.97. The molecule has 1 aliphatic rings. The Hall–Kier alpha value is -2.43. The molecule has 1 aliphatic heterocycles. The Kier molecular flexibility index (Phi) is 3.56. The third-order valence-electron chi connectivity index (χ3n) is 3.50. The fourth-order valence-corrected chi connectivity index (χ4v) is 2.45. The van der Waals surface area contributed by atoms with Gasteiger partial charge in [0.15, 0.2) is 0 Å². The van der Waals surface area contributed by atoms with Gasteiger partial charge < -0.3 is 10.6 Å². The number of carbonyl (C=O) groups is 1. The molecule has 0 radical (unpaired) electrons. The maximum atomic E-state index is 13.5. The zero-order valence-electron chi connectivity index (χ0n) is 11.2. The first kappa shape index (κ1) is 13.5. The molecule has 3 rings (SSSR count). The van der Waals surface area contributed by atoms with Gasteiger partial charge in [-0.1, -0.05) is 6.07 Å². The molecule has 5 heteroatoms. The second-order valence-corrected chi connectivity index (χ2v) is 4.97. The number of halogens is 2. The van der Waals surface area contributed by atoms with Crippen LogP contribution in [0.1, 0.15) is 11.1 Å². The molecule has 1 amide bonds. The van der Waals surface area contributed by atoms with Gasteiger partial charge in [-0.2, -0.15) is 0 Å². The monoisotopic (exact) mass is 288 g/mol. The quantitative estimate of drug-likeness (QED) is 0.911. The van der Waals surface area contributed by atoms with E-state index in [-0.39, 0.29) is 12.0 Å². The largest absolute Gasteiger partial charge is 0.384 e. The Labute approximate surface area is 121 Å². The standard InChI is InChI=1S/C16H14F2N2O/c17-13-2-1-3-14(18)12(13)9-16(21)20-11-4-5-15-10(8-11)6-7-19-15/h1-5,8,19H,6-7,9H2,(H,20,21). The highest BCUT2D eigenvalue weighted by molar-refractivity contribution is 5.92. The predicted molar refractivity (Wildman–Crippen MR) is 77.3 cm³/mol. The lowest BCUT2D eigenvalue weighted by Gasteiger charge is -2.08. The molecule has 0 fully saturated rings. The highest BCUT2D eigenvalue weighted by atomic mass is 19.1. The fraction of sp³-hybridized carbons (Fsp3) is 0.188. The first-order chi connectivity index (χ1) is 10.1. The van der Waals surface area contributed by atoms with E-state index in [1.54, 1.807) is 6.07 Å². The van der Waals surface area contributed by atoms with Crippen molar-refractivity contribution in [3.63, 3.8) is 0 Å². The summed E-state index contributed by atoms with van der Waals surface area (Å²) in [6, 6.07) is 9.11. The lowest BCUT2D eigenvalue weighted by Crippen LogP contribution is -2.16. The molecule has 1 heterocycles. The number of hydrogen-bond donors (Lipinski definition) is 2. The van der Waals surface area contributed by atoms with Crippen LogP contribution in [-0.4, -0.2) is 12.5 Å². The van der Waals surface area contributed by atoms with Gasteiger partial charge in [0.05, 0.1) is 6.42 Å². The van der Waals surface area contributed by atoms with Crippen LogP contribution in [0.25, 0.3) is 0 Å². The molecule has 2 N–H and O–H groups in total. The normalized spacial score (nSPS) is 12.7. The van der Waals surface area contributed by atoms with Crippen LogP contribution in [0.15, 0.2) is 36.4 Å². The van der Waals surface area contributed by atoms with Gasteiger partial charge in [-0.15, -0.1) is 0 Å². The van der Waals surface area contributed by atoms with Crippen molar-refractivity contribution in [2.75, 3.05) is 17.2 Å². The van der Waals surface area contributed by atoms with Crippen molar-refractivity contribution in [3.05, 3.63) is 59.2 Å². The van der Waals surface area contributed by atoms with Gasteiger partial charge in [0.1, 0.15) is 11.6 Å². The van der Waals surface area contributed by atoms with Crippen molar-refractivity contribution in [1.82, 2.24) is 0 Å². The minimum Gasteiger partial charge on any atom is -0.384 e. The lowest BCUT2D eigenvalue weighted by atomic mass is 10.1. The van der Waals surface area contributed by atoms with Crippen molar-refractivity contribution in [2.24, 2.45) is 0 Å². The summed E-state index contributed by atoms with van der Waals surface area (Å²) in [5.41, 5.74) is 2.62. The molecule has 2 aromatic rings. The minimum absolute atomic E-state index is 0.210. The molecule has 3 nitrogen and oxygen atoms in total. The molecule has 0 unspecified atom stereocenters. The summed E-state index contributed by atoms with van der Waals surface area (Å²) < 4.78 is 27.0. The van der Waals surface area contributed by atoms with Crippen molar-refractivity contribution in [3.8, 4) is 0 Å². The average molecular weight is 288 g/mol. The molecule has 2 aromatic carbocycles. The zero-order chi connectivity index (χ0) is 14.8. The van der Waals surface area contributed by atoms with E-state index in [1.807, 2.05) is 12.1 Å². The highest BCUT2D eigenvalue weighted by Gasteiger charge is 2.14. The Balaban J connectivity index is 1.72. The summed E-state index contributed by atoms with van der Waals surface area (Å²) in [6.07, 6.45) is 0.578. The molecular weight excluding hydrogens is 274 g/mol. The Morgan fingerprint density at radius 3 is 2.71 bits per heavy atom. The number of fused-ring (bicyclic) bond motifs is 1. The van der Waals surface area contributed by atoms with E-state index in [2.05, 4.69) is 10.6 Å². The number of anilines is 2. The number of rotatable bonds is 3. The fourth-order valence-electron chi connectivity index (χ4n) is 2.45. The van der Waals surface area contributed by atoms with Gasteiger partial charge in [-0.25, -0.2) is 8.78 Å². The summed E-state index contributed by atoms with van der Waals surface area (Å²) in [6.45, 7) is 0.882. The number of benzene rings is 2. The van der Waals surface area contributed by atoms with Crippen LogP contribution < -0.4 is 10.6 Å². The highest BCUT2D eigenvalue weighted by Crippen LogP contribution is 2.25. The molecule has 0 spiro atoms. The topological polar surface area (TPSA) is 41.1 Å². The molecular formula is C16H14F2N2O. The van der Waals surface area contributed by atoms with Crippen molar-refractivity contribution in [2.45, 2.75) is 12.8 Å². The number of hydrogen-bond acceptors (Lipinski definition) is 2. The molecule has 0 aromatic heterocycles. The van der Waals surface area contributed by atoms with E-state index in [1.165, 1.54) is 6.07 Å². The number of carbonyl (C=O) groups excluding carboxylic acids is 1. The van der Waals surface area contributed by atoms with E-state index in [0.717, 1.165) is 36.3 Å². The van der Waals surface area contributed by atoms with Crippen LogP contribution in [0.5, 0.6) is 0 Å². The smallest absolute Gasteiger partial charge is 0.229 e. The third kappa shape index (κ3) is 2.86. The van der Waals surface area contributed by atoms with E-state index in [4.69, 9.17) is 0 Å². The van der Waals surface area contributed by atoms with Crippen molar-refractivity contribution < 1.29 is 13.6 Å². The summed E-state index contributed by atoms with van der Waals surface area (Å²) in [5, 5.41) is 5.90. The van der Waals surface area contributed by atoms with Gasteiger partial charge in [-0.05, 0) is 42.3 Å². The lowest BCUT2D eigenvalue weighted by molar-refractivity contribution is -0.115. The first-order valence-corrected chi connectivity index (χ1v) is 6.73. The summed E-state index contributed by atoms with van der Waals surface area (Å²) in [5.74, 6) is -1.85. The summed E-state index contributed by atoms with van der Waals surface area (Å²) in [4.78, 5) is 11.9. The SMILES string of the molecule is O=C(Cc1c(F)cccc1F)Nc1ccc2c(c1)CCN2. The minimum atomic E-state index is -0.705. The molecule has 0 atom stereocenters.